The van der Waals surface area contributed by atoms with Crippen LogP contribution in [-0.4, -0.2) is 22.6 Å². The molecule has 0 aliphatic heterocycles. The molecular formula is C26H33N3O2. The molecule has 164 valence electrons. The van der Waals surface area contributed by atoms with Gasteiger partial charge in [0.05, 0.1) is 23.7 Å². The van der Waals surface area contributed by atoms with E-state index in [-0.39, 0.29) is 11.4 Å². The van der Waals surface area contributed by atoms with Crippen molar-refractivity contribution < 1.29 is 9.53 Å². The molecular weight excluding hydrogens is 386 g/mol. The number of fused-ring (bicyclic) bond motifs is 1. The summed E-state index contributed by atoms with van der Waals surface area (Å²) in [6, 6.07) is 14.5. The molecule has 1 aromatic heterocycles. The van der Waals surface area contributed by atoms with Crippen molar-refractivity contribution in [3.63, 3.8) is 0 Å². The van der Waals surface area contributed by atoms with E-state index in [1.807, 2.05) is 18.2 Å². The molecule has 1 heterocycles. The van der Waals surface area contributed by atoms with Gasteiger partial charge in [-0.15, -0.1) is 0 Å². The number of esters is 1. The number of ether oxygens (including phenoxy) is 1. The Morgan fingerprint density at radius 3 is 2.58 bits per heavy atom. The fraction of sp³-hybridized carbons (Fsp3) is 0.462. The van der Waals surface area contributed by atoms with Crippen molar-refractivity contribution >= 4 is 28.6 Å². The van der Waals surface area contributed by atoms with Gasteiger partial charge in [0.1, 0.15) is 0 Å². The molecule has 4 rings (SSSR count). The van der Waals surface area contributed by atoms with E-state index in [2.05, 4.69) is 61.8 Å². The van der Waals surface area contributed by atoms with Gasteiger partial charge in [0.2, 0.25) is 5.95 Å². The Balaban J connectivity index is 1.79. The van der Waals surface area contributed by atoms with Crippen molar-refractivity contribution in [3.05, 3.63) is 53.6 Å². The standard InChI is InChI=1S/C26H33N3O2/c1-6-18-7-10-20(11-8-18)27-25-28-22-14-19(24(30)31-5)9-12-23(22)29(25)21-13-17(2)15-26(3,4)16-21/h7-12,14,17,21H,6,13,15-16H2,1-5H3,(H,27,28). The van der Waals surface area contributed by atoms with Crippen molar-refractivity contribution in [3.8, 4) is 0 Å². The number of nitrogens with one attached hydrogen (secondary N) is 1. The number of rotatable bonds is 5. The molecule has 0 saturated heterocycles. The molecule has 1 aliphatic rings. The Morgan fingerprint density at radius 2 is 1.94 bits per heavy atom. The largest absolute Gasteiger partial charge is 0.465 e. The quantitative estimate of drug-likeness (QED) is 0.479. The smallest absolute Gasteiger partial charge is 0.337 e. The Hall–Kier alpha value is -2.82. The van der Waals surface area contributed by atoms with Gasteiger partial charge < -0.3 is 14.6 Å². The van der Waals surface area contributed by atoms with E-state index in [1.54, 1.807) is 0 Å². The van der Waals surface area contributed by atoms with Crippen molar-refractivity contribution in [2.75, 3.05) is 12.4 Å². The number of aromatic nitrogens is 2. The number of carbonyl (C=O) groups excluding carboxylic acids is 1. The van der Waals surface area contributed by atoms with Crippen LogP contribution in [0, 0.1) is 11.3 Å². The van der Waals surface area contributed by atoms with Crippen LogP contribution >= 0.6 is 0 Å². The van der Waals surface area contributed by atoms with E-state index in [0.29, 0.717) is 17.5 Å². The monoisotopic (exact) mass is 419 g/mol. The lowest BCUT2D eigenvalue weighted by Crippen LogP contribution is -2.29. The molecule has 1 aliphatic carbocycles. The van der Waals surface area contributed by atoms with Crippen LogP contribution in [0.5, 0.6) is 0 Å². The highest BCUT2D eigenvalue weighted by Crippen LogP contribution is 2.46. The van der Waals surface area contributed by atoms with Crippen LogP contribution in [0.1, 0.15) is 68.9 Å². The zero-order valence-electron chi connectivity index (χ0n) is 19.2. The van der Waals surface area contributed by atoms with Crippen molar-refractivity contribution in [1.82, 2.24) is 9.55 Å². The maximum atomic E-state index is 12.1. The third kappa shape index (κ3) is 4.46. The van der Waals surface area contributed by atoms with Crippen LogP contribution in [0.3, 0.4) is 0 Å². The fourth-order valence-electron chi connectivity index (χ4n) is 5.25. The van der Waals surface area contributed by atoms with Crippen LogP contribution in [0.25, 0.3) is 11.0 Å². The van der Waals surface area contributed by atoms with Gasteiger partial charge >= 0.3 is 5.97 Å². The zero-order valence-corrected chi connectivity index (χ0v) is 19.2. The Kier molecular flexibility index (Phi) is 5.78. The SMILES string of the molecule is CCc1ccc(Nc2nc3cc(C(=O)OC)ccc3n2C2CC(C)CC(C)(C)C2)cc1. The third-order valence-corrected chi connectivity index (χ3v) is 6.46. The predicted octanol–water partition coefficient (Wildman–Crippen LogP) is 6.52. The summed E-state index contributed by atoms with van der Waals surface area (Å²) >= 11 is 0. The van der Waals surface area contributed by atoms with Crippen LogP contribution < -0.4 is 5.32 Å². The first-order chi connectivity index (χ1) is 14.8. The molecule has 1 N–H and O–H groups in total. The second-order valence-electron chi connectivity index (χ2n) is 9.74. The topological polar surface area (TPSA) is 56.1 Å². The highest BCUT2D eigenvalue weighted by Gasteiger charge is 2.34. The fourth-order valence-corrected chi connectivity index (χ4v) is 5.25. The molecule has 1 saturated carbocycles. The summed E-state index contributed by atoms with van der Waals surface area (Å²) in [5.74, 6) is 1.14. The molecule has 2 unspecified atom stereocenters. The van der Waals surface area contributed by atoms with Gasteiger partial charge in [-0.05, 0) is 72.9 Å². The summed E-state index contributed by atoms with van der Waals surface area (Å²) in [5, 5.41) is 3.55. The number of hydrogen-bond acceptors (Lipinski definition) is 4. The molecule has 31 heavy (non-hydrogen) atoms. The number of carbonyl (C=O) groups is 1. The number of hydrogen-bond donors (Lipinski definition) is 1. The normalized spacial score (nSPS) is 20.5. The Bertz CT molecular complexity index is 1080. The van der Waals surface area contributed by atoms with E-state index >= 15 is 0 Å². The van der Waals surface area contributed by atoms with E-state index in [9.17, 15) is 4.79 Å². The van der Waals surface area contributed by atoms with Gasteiger partial charge in [-0.2, -0.15) is 0 Å². The molecule has 0 bridgehead atoms. The molecule has 0 spiro atoms. The maximum Gasteiger partial charge on any atom is 0.337 e. The first-order valence-electron chi connectivity index (χ1n) is 11.3. The van der Waals surface area contributed by atoms with Crippen molar-refractivity contribution in [2.45, 2.75) is 59.4 Å². The predicted molar refractivity (Wildman–Crippen MR) is 126 cm³/mol. The molecule has 5 nitrogen and oxygen atoms in total. The number of anilines is 2. The van der Waals surface area contributed by atoms with Crippen LogP contribution in [0.15, 0.2) is 42.5 Å². The second kappa shape index (κ2) is 8.37. The van der Waals surface area contributed by atoms with Crippen LogP contribution in [-0.2, 0) is 11.2 Å². The van der Waals surface area contributed by atoms with E-state index in [0.717, 1.165) is 41.9 Å². The van der Waals surface area contributed by atoms with Gasteiger partial charge in [0.15, 0.2) is 0 Å². The number of benzene rings is 2. The second-order valence-corrected chi connectivity index (χ2v) is 9.74. The molecule has 2 atom stereocenters. The minimum absolute atomic E-state index is 0.283. The van der Waals surface area contributed by atoms with Crippen molar-refractivity contribution in [2.24, 2.45) is 11.3 Å². The van der Waals surface area contributed by atoms with E-state index in [4.69, 9.17) is 9.72 Å². The number of imidazole rings is 1. The first-order valence-corrected chi connectivity index (χ1v) is 11.3. The number of methoxy groups -OCH3 is 1. The summed E-state index contributed by atoms with van der Waals surface area (Å²) in [6.07, 6.45) is 4.48. The molecule has 5 heteroatoms. The highest BCUT2D eigenvalue weighted by molar-refractivity contribution is 5.94. The van der Waals surface area contributed by atoms with E-state index < -0.39 is 0 Å². The Labute approximate surface area is 184 Å². The lowest BCUT2D eigenvalue weighted by atomic mass is 9.70. The maximum absolute atomic E-state index is 12.1. The van der Waals surface area contributed by atoms with Crippen LogP contribution in [0.4, 0.5) is 11.6 Å². The number of nitrogens with zero attached hydrogens (tertiary/aromatic N) is 2. The average molecular weight is 420 g/mol. The van der Waals surface area contributed by atoms with Crippen LogP contribution in [0.2, 0.25) is 0 Å². The minimum Gasteiger partial charge on any atom is -0.465 e. The summed E-state index contributed by atoms with van der Waals surface area (Å²) in [4.78, 5) is 17.0. The van der Waals surface area contributed by atoms with Gasteiger partial charge in [-0.1, -0.05) is 39.8 Å². The third-order valence-electron chi connectivity index (χ3n) is 6.46. The van der Waals surface area contributed by atoms with Gasteiger partial charge in [-0.3, -0.25) is 0 Å². The average Bonchev–Trinajstić information content (AvgIpc) is 3.09. The lowest BCUT2D eigenvalue weighted by Gasteiger charge is -2.40. The van der Waals surface area contributed by atoms with Gasteiger partial charge in [-0.25, -0.2) is 9.78 Å². The zero-order chi connectivity index (χ0) is 22.2. The summed E-state index contributed by atoms with van der Waals surface area (Å²) in [5.41, 5.74) is 5.00. The molecule has 0 amide bonds. The highest BCUT2D eigenvalue weighted by atomic mass is 16.5. The molecule has 1 fully saturated rings. The number of aryl methyl sites for hydroxylation is 1. The summed E-state index contributed by atoms with van der Waals surface area (Å²) in [6.45, 7) is 9.23. The first kappa shape index (κ1) is 21.4. The summed E-state index contributed by atoms with van der Waals surface area (Å²) in [7, 11) is 1.41. The molecule has 3 aromatic rings. The van der Waals surface area contributed by atoms with Crippen molar-refractivity contribution in [1.29, 1.82) is 0 Å². The summed E-state index contributed by atoms with van der Waals surface area (Å²) < 4.78 is 7.26. The Morgan fingerprint density at radius 1 is 1.19 bits per heavy atom. The van der Waals surface area contributed by atoms with Gasteiger partial charge in [0.25, 0.3) is 0 Å². The van der Waals surface area contributed by atoms with Gasteiger partial charge in [0, 0.05) is 11.7 Å². The minimum atomic E-state index is -0.339. The molecule has 2 aromatic carbocycles. The van der Waals surface area contributed by atoms with E-state index in [1.165, 1.54) is 19.1 Å². The molecule has 0 radical (unpaired) electrons. The lowest BCUT2D eigenvalue weighted by molar-refractivity contribution is 0.0601.